The molecule has 3 aromatic heterocycles. The van der Waals surface area contributed by atoms with Crippen molar-refractivity contribution in [2.75, 3.05) is 13.1 Å². The second-order valence-corrected chi connectivity index (χ2v) is 10.5. The van der Waals surface area contributed by atoms with Crippen molar-refractivity contribution in [2.24, 2.45) is 5.73 Å². The molecule has 0 aliphatic heterocycles. The average molecular weight is 560 g/mol. The predicted octanol–water partition coefficient (Wildman–Crippen LogP) is 4.13. The summed E-state index contributed by atoms with van der Waals surface area (Å²) in [4.78, 5) is 4.40. The number of hydrogen-bond donors (Lipinski definition) is 2. The highest BCUT2D eigenvalue weighted by atomic mass is 32.2. The Balaban J connectivity index is 1.79. The lowest BCUT2D eigenvalue weighted by Crippen LogP contribution is -2.28. The first-order chi connectivity index (χ1) is 17.3. The molecule has 0 radical (unpaired) electrons. The Kier molecular flexibility index (Phi) is 7.04. The lowest BCUT2D eigenvalue weighted by Gasteiger charge is -2.12. The smallest absolute Gasteiger partial charge is 0.329 e. The highest BCUT2D eigenvalue weighted by molar-refractivity contribution is 7.91. The fraction of sp³-hybridized carbons (Fsp3) is 0.182. The largest absolute Gasteiger partial charge is 0.433 e. The van der Waals surface area contributed by atoms with Crippen LogP contribution in [-0.2, 0) is 22.4 Å². The molecule has 15 heteroatoms. The SMILES string of the molecule is NCCNS(=O)(=O)c1ccc(C#Cc2cnn3c(C(F)(F)F)cc(-c4cccc(C(F)(F)F)c4)nc23)s1. The van der Waals surface area contributed by atoms with Gasteiger partial charge in [0.25, 0.3) is 0 Å². The van der Waals surface area contributed by atoms with E-state index in [9.17, 15) is 34.8 Å². The van der Waals surface area contributed by atoms with Crippen molar-refractivity contribution in [3.63, 3.8) is 0 Å². The van der Waals surface area contributed by atoms with Crippen LogP contribution in [0.4, 0.5) is 26.3 Å². The monoisotopic (exact) mass is 559 g/mol. The molecule has 0 bridgehead atoms. The number of fused-ring (bicyclic) bond motifs is 1. The first kappa shape index (κ1) is 26.6. The summed E-state index contributed by atoms with van der Waals surface area (Å²) < 4.78 is 108. The average Bonchev–Trinajstić information content (AvgIpc) is 3.47. The van der Waals surface area contributed by atoms with Gasteiger partial charge in [-0.05, 0) is 30.3 Å². The third kappa shape index (κ3) is 5.77. The minimum Gasteiger partial charge on any atom is -0.329 e. The first-order valence-electron chi connectivity index (χ1n) is 10.2. The molecule has 0 saturated heterocycles. The first-order valence-corrected chi connectivity index (χ1v) is 12.5. The van der Waals surface area contributed by atoms with Crippen LogP contribution in [0.5, 0.6) is 0 Å². The fourth-order valence-corrected chi connectivity index (χ4v) is 5.43. The van der Waals surface area contributed by atoms with Crippen LogP contribution in [0.25, 0.3) is 16.9 Å². The summed E-state index contributed by atoms with van der Waals surface area (Å²) in [7, 11) is -3.79. The molecule has 3 heterocycles. The predicted molar refractivity (Wildman–Crippen MR) is 123 cm³/mol. The van der Waals surface area contributed by atoms with Crippen LogP contribution in [0.15, 0.2) is 52.9 Å². The van der Waals surface area contributed by atoms with Crippen LogP contribution in [0, 0.1) is 11.8 Å². The van der Waals surface area contributed by atoms with Crippen molar-refractivity contribution < 1.29 is 34.8 Å². The lowest BCUT2D eigenvalue weighted by atomic mass is 10.1. The molecule has 3 N–H and O–H groups in total. The van der Waals surface area contributed by atoms with Crippen LogP contribution in [-0.4, -0.2) is 36.1 Å². The molecule has 0 aliphatic carbocycles. The van der Waals surface area contributed by atoms with Crippen molar-refractivity contribution >= 4 is 27.0 Å². The van der Waals surface area contributed by atoms with E-state index in [0.717, 1.165) is 29.7 Å². The normalized spacial score (nSPS) is 12.5. The van der Waals surface area contributed by atoms with Gasteiger partial charge in [0, 0.05) is 18.7 Å². The standard InChI is InChI=1S/C22H15F6N5O2S2/c23-21(24,25)15-3-1-2-13(10-15)17-11-18(22(26,27)28)33-20(32-17)14(12-30-33)4-5-16-6-7-19(36-16)37(34,35)31-9-8-29/h1-3,6-7,10-12,31H,8-9,29H2. The van der Waals surface area contributed by atoms with Gasteiger partial charge in [-0.1, -0.05) is 24.0 Å². The number of benzene rings is 1. The summed E-state index contributed by atoms with van der Waals surface area (Å²) in [5.74, 6) is 5.28. The van der Waals surface area contributed by atoms with Crippen molar-refractivity contribution in [3.8, 4) is 23.1 Å². The summed E-state index contributed by atoms with van der Waals surface area (Å²) in [5.41, 5.74) is 2.09. The topological polar surface area (TPSA) is 102 Å². The number of nitrogens with zero attached hydrogens (tertiary/aromatic N) is 3. The van der Waals surface area contributed by atoms with E-state index in [0.29, 0.717) is 16.6 Å². The van der Waals surface area contributed by atoms with Gasteiger partial charge in [0.2, 0.25) is 10.0 Å². The molecule has 0 amide bonds. The maximum absolute atomic E-state index is 13.8. The molecule has 4 rings (SSSR count). The fourth-order valence-electron chi connectivity index (χ4n) is 3.18. The zero-order chi connectivity index (χ0) is 27.0. The van der Waals surface area contributed by atoms with Crippen LogP contribution in [0.2, 0.25) is 0 Å². The number of hydrogen-bond acceptors (Lipinski definition) is 6. The summed E-state index contributed by atoms with van der Waals surface area (Å²) in [6.45, 7) is 0.131. The van der Waals surface area contributed by atoms with E-state index in [1.165, 1.54) is 18.2 Å². The number of sulfonamides is 1. The number of halogens is 6. The van der Waals surface area contributed by atoms with E-state index >= 15 is 0 Å². The molecular formula is C22H15F6N5O2S2. The Morgan fingerprint density at radius 3 is 2.46 bits per heavy atom. The van der Waals surface area contributed by atoms with E-state index in [-0.39, 0.29) is 44.6 Å². The van der Waals surface area contributed by atoms with E-state index in [1.807, 2.05) is 0 Å². The van der Waals surface area contributed by atoms with E-state index in [1.54, 1.807) is 0 Å². The number of alkyl halides is 6. The Hall–Kier alpha value is -3.45. The van der Waals surface area contributed by atoms with Gasteiger partial charge in [0.05, 0.1) is 27.9 Å². The minimum absolute atomic E-state index is 0.0328. The molecule has 4 aromatic rings. The number of aromatic nitrogens is 3. The Labute approximate surface area is 210 Å². The van der Waals surface area contributed by atoms with Gasteiger partial charge < -0.3 is 5.73 Å². The third-order valence-corrected chi connectivity index (χ3v) is 7.80. The molecular weight excluding hydrogens is 544 g/mol. The van der Waals surface area contributed by atoms with Gasteiger partial charge in [-0.25, -0.2) is 22.6 Å². The number of nitrogens with two attached hydrogens (primary N) is 1. The maximum atomic E-state index is 13.8. The van der Waals surface area contributed by atoms with E-state index in [2.05, 4.69) is 26.6 Å². The van der Waals surface area contributed by atoms with Gasteiger partial charge in [0.15, 0.2) is 11.3 Å². The van der Waals surface area contributed by atoms with Crippen molar-refractivity contribution in [1.82, 2.24) is 19.3 Å². The maximum Gasteiger partial charge on any atom is 0.433 e. The quantitative estimate of drug-likeness (QED) is 0.283. The van der Waals surface area contributed by atoms with Gasteiger partial charge in [-0.2, -0.15) is 31.4 Å². The highest BCUT2D eigenvalue weighted by Gasteiger charge is 2.36. The second-order valence-electron chi connectivity index (χ2n) is 7.45. The van der Waals surface area contributed by atoms with Crippen LogP contribution >= 0.6 is 11.3 Å². The number of rotatable bonds is 5. The third-order valence-electron chi connectivity index (χ3n) is 4.85. The number of thiophene rings is 1. The molecule has 0 fully saturated rings. The number of nitrogens with one attached hydrogen (secondary N) is 1. The van der Waals surface area contributed by atoms with Crippen molar-refractivity contribution in [2.45, 2.75) is 16.6 Å². The minimum atomic E-state index is -4.90. The van der Waals surface area contributed by atoms with Crippen LogP contribution in [0.3, 0.4) is 0 Å². The molecule has 0 atom stereocenters. The zero-order valence-corrected chi connectivity index (χ0v) is 20.0. The highest BCUT2D eigenvalue weighted by Crippen LogP contribution is 2.35. The van der Waals surface area contributed by atoms with Crippen molar-refractivity contribution in [1.29, 1.82) is 0 Å². The van der Waals surface area contributed by atoms with E-state index < -0.39 is 33.6 Å². The summed E-state index contributed by atoms with van der Waals surface area (Å²) in [6, 6.07) is 7.12. The Bertz CT molecular complexity index is 1630. The molecule has 0 unspecified atom stereocenters. The summed E-state index contributed by atoms with van der Waals surface area (Å²) in [5, 5.41) is 3.70. The second kappa shape index (κ2) is 9.78. The molecule has 194 valence electrons. The molecule has 1 aromatic carbocycles. The summed E-state index contributed by atoms with van der Waals surface area (Å²) >= 11 is 0.830. The lowest BCUT2D eigenvalue weighted by molar-refractivity contribution is -0.142. The van der Waals surface area contributed by atoms with Crippen LogP contribution < -0.4 is 10.5 Å². The molecule has 0 aliphatic rings. The molecule has 0 saturated carbocycles. The molecule has 0 spiro atoms. The van der Waals surface area contributed by atoms with Crippen LogP contribution in [0.1, 0.15) is 21.7 Å². The van der Waals surface area contributed by atoms with Gasteiger partial charge in [0.1, 0.15) is 4.21 Å². The molecule has 7 nitrogen and oxygen atoms in total. The van der Waals surface area contributed by atoms with Gasteiger partial charge in [-0.3, -0.25) is 0 Å². The Morgan fingerprint density at radius 2 is 1.78 bits per heavy atom. The molecule has 37 heavy (non-hydrogen) atoms. The van der Waals surface area contributed by atoms with Gasteiger partial charge in [-0.15, -0.1) is 11.3 Å². The Morgan fingerprint density at radius 1 is 1.03 bits per heavy atom. The zero-order valence-electron chi connectivity index (χ0n) is 18.4. The summed E-state index contributed by atoms with van der Waals surface area (Å²) in [6.07, 6.45) is -8.57. The van der Waals surface area contributed by atoms with Crippen molar-refractivity contribution in [3.05, 3.63) is 70.4 Å². The van der Waals surface area contributed by atoms with Gasteiger partial charge >= 0.3 is 12.4 Å². The van der Waals surface area contributed by atoms with E-state index in [4.69, 9.17) is 5.73 Å².